The van der Waals surface area contributed by atoms with Crippen molar-refractivity contribution in [2.75, 3.05) is 0 Å². The molecule has 0 saturated carbocycles. The zero-order chi connectivity index (χ0) is 38.9. The van der Waals surface area contributed by atoms with Gasteiger partial charge in [0, 0.05) is 0 Å². The minimum Gasteiger partial charge on any atom is -0.508 e. The summed E-state index contributed by atoms with van der Waals surface area (Å²) in [6.45, 7) is 0. The van der Waals surface area contributed by atoms with Crippen LogP contribution in [-0.4, -0.2) is 5.11 Å². The third-order valence-electron chi connectivity index (χ3n) is 8.44. The molecule has 0 aliphatic carbocycles. The van der Waals surface area contributed by atoms with E-state index in [0.717, 1.165) is 0 Å². The van der Waals surface area contributed by atoms with Crippen molar-refractivity contribution in [3.8, 4) is 50.3 Å². The fourth-order valence-corrected chi connectivity index (χ4v) is 5.96. The molecule has 2 heteroatoms. The Morgan fingerprint density at radius 1 is 0.214 bits per heavy atom. The van der Waals surface area contributed by atoms with Crippen LogP contribution in [-0.2, 0) is 0 Å². The van der Waals surface area contributed by atoms with Crippen molar-refractivity contribution in [3.05, 3.63) is 267 Å². The van der Waals surface area contributed by atoms with E-state index in [1.165, 1.54) is 49.8 Å². The van der Waals surface area contributed by atoms with Crippen LogP contribution < -0.4 is 5.30 Å². The first-order chi connectivity index (χ1) is 27.7. The first-order valence-electron chi connectivity index (χ1n) is 18.6. The fraction of sp³-hybridized carbons (Fsp3) is 0. The molecule has 0 bridgehead atoms. The molecule has 0 heterocycles. The average Bonchev–Trinajstić information content (AvgIpc) is 3.30. The molecular weight excluding hydrogens is 696 g/mol. The van der Waals surface area contributed by atoms with E-state index in [1.807, 2.05) is 48.5 Å². The van der Waals surface area contributed by atoms with E-state index in [1.54, 1.807) is 24.3 Å². The molecule has 0 aliphatic heterocycles. The highest BCUT2D eigenvalue weighted by atomic mass is 31.0. The van der Waals surface area contributed by atoms with Gasteiger partial charge in [-0.2, -0.15) is 0 Å². The number of benzene rings is 9. The highest BCUT2D eigenvalue weighted by molar-refractivity contribution is 7.28. The molecule has 1 atom stereocenters. The Labute approximate surface area is 335 Å². The third kappa shape index (κ3) is 14.2. The molecule has 0 radical (unpaired) electrons. The van der Waals surface area contributed by atoms with E-state index < -0.39 is 0 Å². The molecule has 9 rings (SSSR count). The van der Waals surface area contributed by atoms with E-state index in [9.17, 15) is 0 Å². The first kappa shape index (κ1) is 40.4. The number of aromatic hydroxyl groups is 1. The highest BCUT2D eigenvalue weighted by Gasteiger charge is 1.98. The van der Waals surface area contributed by atoms with Crippen molar-refractivity contribution in [1.29, 1.82) is 0 Å². The number of rotatable bonds is 4. The summed E-state index contributed by atoms with van der Waals surface area (Å²) in [7, 11) is 2.76. The number of phenols is 1. The van der Waals surface area contributed by atoms with Crippen LogP contribution >= 0.6 is 9.24 Å². The van der Waals surface area contributed by atoms with Crippen LogP contribution in [0.2, 0.25) is 0 Å². The second-order valence-corrected chi connectivity index (χ2v) is 13.1. The maximum atomic E-state index is 8.63. The van der Waals surface area contributed by atoms with Gasteiger partial charge >= 0.3 is 0 Å². The first-order valence-corrected chi connectivity index (χ1v) is 19.2. The Bertz CT molecular complexity index is 2030. The summed E-state index contributed by atoms with van der Waals surface area (Å²) in [6.07, 6.45) is 0. The number of hydrogen-bond acceptors (Lipinski definition) is 1. The molecule has 56 heavy (non-hydrogen) atoms. The zero-order valence-corrected chi connectivity index (χ0v) is 32.6. The number of para-hydroxylation sites is 1. The van der Waals surface area contributed by atoms with Gasteiger partial charge in [-0.25, -0.2) is 0 Å². The largest absolute Gasteiger partial charge is 0.508 e. The second-order valence-electron chi connectivity index (χ2n) is 12.5. The maximum absolute atomic E-state index is 8.63. The zero-order valence-electron chi connectivity index (χ0n) is 31.4. The van der Waals surface area contributed by atoms with Crippen molar-refractivity contribution in [3.63, 3.8) is 0 Å². The van der Waals surface area contributed by atoms with Gasteiger partial charge < -0.3 is 5.11 Å². The molecule has 1 nitrogen and oxygen atoms in total. The van der Waals surface area contributed by atoms with Crippen molar-refractivity contribution < 1.29 is 5.11 Å². The Hall–Kier alpha value is -6.79. The van der Waals surface area contributed by atoms with Gasteiger partial charge in [0.05, 0.1) is 0 Å². The van der Waals surface area contributed by atoms with E-state index in [0.29, 0.717) is 5.75 Å². The van der Waals surface area contributed by atoms with Gasteiger partial charge in [0.15, 0.2) is 0 Å². The van der Waals surface area contributed by atoms with Crippen LogP contribution in [0.3, 0.4) is 0 Å². The van der Waals surface area contributed by atoms with Crippen molar-refractivity contribution in [2.45, 2.75) is 0 Å². The quantitative estimate of drug-likeness (QED) is 0.178. The van der Waals surface area contributed by atoms with E-state index in [-0.39, 0.29) is 0 Å². The van der Waals surface area contributed by atoms with Crippen LogP contribution in [0.1, 0.15) is 0 Å². The van der Waals surface area contributed by atoms with Gasteiger partial charge in [-0.15, -0.1) is 9.24 Å². The van der Waals surface area contributed by atoms with Crippen LogP contribution in [0.15, 0.2) is 267 Å². The van der Waals surface area contributed by atoms with Crippen LogP contribution in [0.4, 0.5) is 0 Å². The molecule has 0 spiro atoms. The molecular formula is C54H47OP. The molecule has 0 amide bonds. The predicted octanol–water partition coefficient (Wildman–Crippen LogP) is 14.3. The van der Waals surface area contributed by atoms with E-state index >= 15 is 0 Å². The lowest BCUT2D eigenvalue weighted by molar-refractivity contribution is 0.475. The van der Waals surface area contributed by atoms with Crippen molar-refractivity contribution in [2.24, 2.45) is 0 Å². The van der Waals surface area contributed by atoms with Gasteiger partial charge in [-0.05, 0) is 61.9 Å². The molecule has 0 aromatic heterocycles. The summed E-state index contributed by atoms with van der Waals surface area (Å²) in [5, 5.41) is 9.88. The normalized spacial score (nSPS) is 9.59. The Morgan fingerprint density at radius 2 is 0.411 bits per heavy atom. The summed E-state index contributed by atoms with van der Waals surface area (Å²) in [5.74, 6) is 0.322. The summed E-state index contributed by atoms with van der Waals surface area (Å²) in [4.78, 5) is 0. The van der Waals surface area contributed by atoms with E-state index in [2.05, 4.69) is 203 Å². The van der Waals surface area contributed by atoms with Crippen molar-refractivity contribution >= 4 is 14.5 Å². The van der Waals surface area contributed by atoms with Gasteiger partial charge in [0.2, 0.25) is 0 Å². The lowest BCUT2D eigenvalue weighted by Crippen LogP contribution is -1.94. The Kier molecular flexibility index (Phi) is 17.2. The molecule has 0 aliphatic rings. The Morgan fingerprint density at radius 3 is 0.625 bits per heavy atom. The predicted molar refractivity (Wildman–Crippen MR) is 245 cm³/mol. The molecule has 0 saturated heterocycles. The highest BCUT2D eigenvalue weighted by Crippen LogP contribution is 2.20. The summed E-state index contributed by atoms with van der Waals surface area (Å²) >= 11 is 0. The minimum atomic E-state index is 0.322. The Balaban J connectivity index is 0.000000135. The standard InChI is InChI=1S/C12H11P.3C12H10.C6H6O/c13-12-9-5-4-8-11(12)10-6-2-1-3-7-10;3*1-3-7-11(8-4-1)12-9-5-2-6-10-12;7-6-4-2-1-3-5-6/h1-9H,13H2;3*1-10H;1-5,7H. The van der Waals surface area contributed by atoms with Gasteiger partial charge in [-0.3, -0.25) is 0 Å². The topological polar surface area (TPSA) is 20.2 Å². The lowest BCUT2D eigenvalue weighted by atomic mass is 10.1. The summed E-state index contributed by atoms with van der Waals surface area (Å²) in [5.41, 5.74) is 10.2. The monoisotopic (exact) mass is 742 g/mol. The molecule has 0 fully saturated rings. The lowest BCUT2D eigenvalue weighted by Gasteiger charge is -2.03. The van der Waals surface area contributed by atoms with Gasteiger partial charge in [-0.1, -0.05) is 255 Å². The average molecular weight is 743 g/mol. The van der Waals surface area contributed by atoms with Crippen molar-refractivity contribution in [1.82, 2.24) is 0 Å². The molecule has 9 aromatic carbocycles. The second kappa shape index (κ2) is 23.8. The third-order valence-corrected chi connectivity index (χ3v) is 8.95. The van der Waals surface area contributed by atoms with Gasteiger partial charge in [0.1, 0.15) is 5.75 Å². The minimum absolute atomic E-state index is 0.322. The number of hydrogen-bond donors (Lipinski definition) is 1. The van der Waals surface area contributed by atoms with Crippen LogP contribution in [0.5, 0.6) is 5.75 Å². The summed E-state index contributed by atoms with van der Waals surface area (Å²) in [6, 6.07) is 89.8. The van der Waals surface area contributed by atoms with Crippen LogP contribution in [0, 0.1) is 0 Å². The number of phenolic OH excluding ortho intramolecular Hbond substituents is 1. The molecule has 1 unspecified atom stereocenters. The smallest absolute Gasteiger partial charge is 0.115 e. The summed E-state index contributed by atoms with van der Waals surface area (Å²) < 4.78 is 0. The fourth-order valence-electron chi connectivity index (χ4n) is 5.59. The molecule has 9 aromatic rings. The van der Waals surface area contributed by atoms with Gasteiger partial charge in [0.25, 0.3) is 0 Å². The molecule has 274 valence electrons. The maximum Gasteiger partial charge on any atom is 0.115 e. The molecule has 1 N–H and O–H groups in total. The van der Waals surface area contributed by atoms with E-state index in [4.69, 9.17) is 5.11 Å². The SMILES string of the molecule is Oc1ccccc1.Pc1ccccc1-c1ccccc1.c1ccc(-c2ccccc2)cc1.c1ccc(-c2ccccc2)cc1.c1ccc(-c2ccccc2)cc1. The van der Waals surface area contributed by atoms with Crippen LogP contribution in [0.25, 0.3) is 44.5 Å².